The molecule has 1 unspecified atom stereocenters. The van der Waals surface area contributed by atoms with Crippen LogP contribution in [0.1, 0.15) is 25.1 Å². The van der Waals surface area contributed by atoms with E-state index < -0.39 is 17.3 Å². The lowest BCUT2D eigenvalue weighted by atomic mass is 9.76. The van der Waals surface area contributed by atoms with Crippen LogP contribution in [-0.4, -0.2) is 32.2 Å². The molecule has 1 atom stereocenters. The number of hydrogen-bond acceptors (Lipinski definition) is 4. The molecule has 0 aromatic carbocycles. The van der Waals surface area contributed by atoms with Crippen molar-refractivity contribution in [2.45, 2.75) is 25.8 Å². The molecule has 0 spiro atoms. The molecule has 1 heterocycles. The molecule has 0 aliphatic heterocycles. The highest BCUT2D eigenvalue weighted by Crippen LogP contribution is 2.33. The summed E-state index contributed by atoms with van der Waals surface area (Å²) in [7, 11) is 0. The maximum Gasteiger partial charge on any atom is 0.319 e. The maximum absolute atomic E-state index is 12.1. The fraction of sp³-hybridized carbons (Fsp3) is 0.455. The molecule has 0 radical (unpaired) electrons. The Bertz CT molecular complexity index is 469. The Morgan fingerprint density at radius 2 is 2.33 bits per heavy atom. The molecule has 96 valence electrons. The molecular weight excluding hydrogens is 236 g/mol. The Labute approximate surface area is 103 Å². The Hall–Kier alpha value is -2.18. The quantitative estimate of drug-likeness (QED) is 0.523. The first-order valence-electron chi connectivity index (χ1n) is 5.66. The lowest BCUT2D eigenvalue weighted by Crippen LogP contribution is -2.47. The van der Waals surface area contributed by atoms with Crippen molar-refractivity contribution >= 4 is 11.9 Å². The van der Waals surface area contributed by atoms with Crippen LogP contribution >= 0.6 is 0 Å². The van der Waals surface area contributed by atoms with Crippen LogP contribution in [0.3, 0.4) is 0 Å². The molecule has 1 aliphatic carbocycles. The van der Waals surface area contributed by atoms with Gasteiger partial charge in [0.05, 0.1) is 6.54 Å². The molecule has 1 aromatic rings. The van der Waals surface area contributed by atoms with Gasteiger partial charge in [-0.05, 0) is 19.3 Å². The van der Waals surface area contributed by atoms with E-state index in [1.54, 1.807) is 6.08 Å². The summed E-state index contributed by atoms with van der Waals surface area (Å²) in [5, 5.41) is 18.1. The topological polar surface area (TPSA) is 108 Å². The zero-order chi connectivity index (χ0) is 13.0. The van der Waals surface area contributed by atoms with E-state index in [4.69, 9.17) is 0 Å². The summed E-state index contributed by atoms with van der Waals surface area (Å²) < 4.78 is 0. The minimum atomic E-state index is -1.35. The fourth-order valence-corrected chi connectivity index (χ4v) is 1.98. The van der Waals surface area contributed by atoms with Crippen molar-refractivity contribution in [3.63, 3.8) is 0 Å². The van der Waals surface area contributed by atoms with Crippen molar-refractivity contribution in [3.8, 4) is 0 Å². The molecule has 1 aromatic heterocycles. The van der Waals surface area contributed by atoms with Crippen LogP contribution in [0.25, 0.3) is 0 Å². The number of H-pyrrole nitrogens is 1. The number of aromatic amines is 1. The first kappa shape index (κ1) is 12.3. The van der Waals surface area contributed by atoms with Crippen LogP contribution in [0.15, 0.2) is 18.5 Å². The number of aliphatic carboxylic acids is 1. The van der Waals surface area contributed by atoms with E-state index >= 15 is 0 Å². The van der Waals surface area contributed by atoms with E-state index in [1.165, 1.54) is 6.33 Å². The lowest BCUT2D eigenvalue weighted by Gasteiger charge is -2.28. The van der Waals surface area contributed by atoms with Crippen LogP contribution in [0.5, 0.6) is 0 Å². The average molecular weight is 250 g/mol. The van der Waals surface area contributed by atoms with Gasteiger partial charge in [-0.1, -0.05) is 12.2 Å². The molecule has 0 fully saturated rings. The summed E-state index contributed by atoms with van der Waals surface area (Å²) in [5.41, 5.74) is -1.35. The second kappa shape index (κ2) is 4.99. The molecule has 1 amide bonds. The summed E-state index contributed by atoms with van der Waals surface area (Å²) in [4.78, 5) is 27.3. The predicted octanol–water partition coefficient (Wildman–Crippen LogP) is 0.232. The lowest BCUT2D eigenvalue weighted by molar-refractivity contribution is -0.156. The fourth-order valence-electron chi connectivity index (χ4n) is 1.98. The number of nitrogens with zero attached hydrogens (tertiary/aromatic N) is 2. The van der Waals surface area contributed by atoms with Gasteiger partial charge in [-0.25, -0.2) is 4.98 Å². The van der Waals surface area contributed by atoms with Crippen molar-refractivity contribution in [2.24, 2.45) is 5.41 Å². The molecule has 7 heteroatoms. The average Bonchev–Trinajstić information content (AvgIpc) is 2.89. The summed E-state index contributed by atoms with van der Waals surface area (Å²) >= 11 is 0. The number of aromatic nitrogens is 3. The monoisotopic (exact) mass is 250 g/mol. The van der Waals surface area contributed by atoms with Gasteiger partial charge in [0.2, 0.25) is 5.91 Å². The number of carbonyl (C=O) groups excluding carboxylic acids is 1. The largest absolute Gasteiger partial charge is 0.480 e. The van der Waals surface area contributed by atoms with Crippen molar-refractivity contribution in [1.29, 1.82) is 0 Å². The highest BCUT2D eigenvalue weighted by molar-refractivity contribution is 6.02. The van der Waals surface area contributed by atoms with Crippen molar-refractivity contribution in [3.05, 3.63) is 24.3 Å². The zero-order valence-corrected chi connectivity index (χ0v) is 9.72. The van der Waals surface area contributed by atoms with Gasteiger partial charge in [-0.15, -0.1) is 0 Å². The smallest absolute Gasteiger partial charge is 0.319 e. The van der Waals surface area contributed by atoms with Crippen LogP contribution in [0.4, 0.5) is 0 Å². The third-order valence-electron chi connectivity index (χ3n) is 3.10. The molecule has 2 rings (SSSR count). The minimum Gasteiger partial charge on any atom is -0.480 e. The highest BCUT2D eigenvalue weighted by Gasteiger charge is 2.45. The van der Waals surface area contributed by atoms with Crippen LogP contribution in [0, 0.1) is 5.41 Å². The van der Waals surface area contributed by atoms with Gasteiger partial charge >= 0.3 is 5.97 Å². The molecule has 7 nitrogen and oxygen atoms in total. The first-order valence-corrected chi connectivity index (χ1v) is 5.66. The minimum absolute atomic E-state index is 0.150. The number of allylic oxidation sites excluding steroid dienone is 2. The number of amides is 1. The van der Waals surface area contributed by atoms with E-state index in [0.717, 1.165) is 0 Å². The number of carboxylic acids is 1. The number of rotatable bonds is 4. The van der Waals surface area contributed by atoms with Gasteiger partial charge in [0, 0.05) is 0 Å². The molecule has 1 aliphatic rings. The van der Waals surface area contributed by atoms with Gasteiger partial charge < -0.3 is 10.4 Å². The second-order valence-corrected chi connectivity index (χ2v) is 4.22. The van der Waals surface area contributed by atoms with Crippen molar-refractivity contribution in [2.75, 3.05) is 0 Å². The third-order valence-corrected chi connectivity index (χ3v) is 3.10. The number of hydrogen-bond donors (Lipinski definition) is 3. The molecule has 18 heavy (non-hydrogen) atoms. The summed E-state index contributed by atoms with van der Waals surface area (Å²) in [5.74, 6) is -1.06. The third kappa shape index (κ3) is 2.24. The van der Waals surface area contributed by atoms with E-state index in [2.05, 4.69) is 20.5 Å². The van der Waals surface area contributed by atoms with Gasteiger partial charge in [0.25, 0.3) is 0 Å². The predicted molar refractivity (Wildman–Crippen MR) is 61.3 cm³/mol. The maximum atomic E-state index is 12.1. The number of nitrogens with one attached hydrogen (secondary N) is 2. The number of carbonyl (C=O) groups is 2. The van der Waals surface area contributed by atoms with E-state index in [0.29, 0.717) is 18.7 Å². The second-order valence-electron chi connectivity index (χ2n) is 4.22. The Balaban J connectivity index is 2.05. The van der Waals surface area contributed by atoms with Gasteiger partial charge in [-0.2, -0.15) is 5.10 Å². The Kier molecular flexibility index (Phi) is 3.40. The van der Waals surface area contributed by atoms with Crippen LogP contribution in [-0.2, 0) is 16.1 Å². The summed E-state index contributed by atoms with van der Waals surface area (Å²) in [6, 6.07) is 0. The van der Waals surface area contributed by atoms with Crippen molar-refractivity contribution in [1.82, 2.24) is 20.5 Å². The molecular formula is C11H14N4O3. The normalized spacial score (nSPS) is 22.7. The Morgan fingerprint density at radius 3 is 2.89 bits per heavy atom. The SMILES string of the molecule is O=C(O)C1(C(=O)NCc2ncn[nH]2)CC=CCC1. The number of carboxylic acid groups (broad SMARTS) is 1. The van der Waals surface area contributed by atoms with E-state index in [9.17, 15) is 14.7 Å². The molecule has 0 bridgehead atoms. The van der Waals surface area contributed by atoms with Gasteiger partial charge in [-0.3, -0.25) is 14.7 Å². The summed E-state index contributed by atoms with van der Waals surface area (Å²) in [6.45, 7) is 0.150. The first-order chi connectivity index (χ1) is 8.65. The van der Waals surface area contributed by atoms with E-state index in [-0.39, 0.29) is 13.0 Å². The molecule has 0 saturated carbocycles. The van der Waals surface area contributed by atoms with Crippen LogP contribution < -0.4 is 5.32 Å². The highest BCUT2D eigenvalue weighted by atomic mass is 16.4. The molecule has 0 saturated heterocycles. The molecule has 3 N–H and O–H groups in total. The Morgan fingerprint density at radius 1 is 1.50 bits per heavy atom. The summed E-state index contributed by atoms with van der Waals surface area (Å²) in [6.07, 6.45) is 6.11. The van der Waals surface area contributed by atoms with Crippen LogP contribution in [0.2, 0.25) is 0 Å². The standard InChI is InChI=1S/C11H14N4O3/c16-9(12-6-8-13-7-14-15-8)11(10(17)18)4-2-1-3-5-11/h1-2,7H,3-6H2,(H,12,16)(H,17,18)(H,13,14,15). The van der Waals surface area contributed by atoms with Gasteiger partial charge in [0.1, 0.15) is 17.6 Å². The van der Waals surface area contributed by atoms with Crippen molar-refractivity contribution < 1.29 is 14.7 Å². The van der Waals surface area contributed by atoms with E-state index in [1.807, 2.05) is 6.08 Å². The van der Waals surface area contributed by atoms with Gasteiger partial charge in [0.15, 0.2) is 0 Å². The zero-order valence-electron chi connectivity index (χ0n) is 9.72.